The van der Waals surface area contributed by atoms with Crippen LogP contribution in [-0.4, -0.2) is 31.0 Å². The first kappa shape index (κ1) is 28.5. The van der Waals surface area contributed by atoms with Crippen LogP contribution in [0.1, 0.15) is 24.1 Å². The lowest BCUT2D eigenvalue weighted by molar-refractivity contribution is -0.114. The Hall–Kier alpha value is -5.60. The van der Waals surface area contributed by atoms with Crippen molar-refractivity contribution >= 4 is 28.3 Å². The van der Waals surface area contributed by atoms with E-state index in [2.05, 4.69) is 38.7 Å². The zero-order valence-electron chi connectivity index (χ0n) is 23.9. The van der Waals surface area contributed by atoms with Gasteiger partial charge in [0.25, 0.3) is 5.91 Å². The number of amides is 1. The number of aromatic nitrogens is 4. The number of fused-ring (bicyclic) bond motifs is 1. The molecule has 0 bridgehead atoms. The van der Waals surface area contributed by atoms with Crippen LogP contribution >= 0.6 is 0 Å². The quantitative estimate of drug-likeness (QED) is 0.168. The summed E-state index contributed by atoms with van der Waals surface area (Å²) in [5, 5.41) is 3.03. The third-order valence-corrected chi connectivity index (χ3v) is 7.33. The van der Waals surface area contributed by atoms with Crippen molar-refractivity contribution in [3.8, 4) is 46.0 Å². The number of carbonyl (C=O) groups excluding carboxylic acids is 1. The lowest BCUT2D eigenvalue weighted by Crippen LogP contribution is -2.18. The van der Waals surface area contributed by atoms with E-state index in [0.717, 1.165) is 12.8 Å². The van der Waals surface area contributed by atoms with E-state index in [-0.39, 0.29) is 17.6 Å². The van der Waals surface area contributed by atoms with Gasteiger partial charge in [-0.1, -0.05) is 36.6 Å². The Morgan fingerprint density at radius 1 is 1.14 bits per heavy atom. The van der Waals surface area contributed by atoms with E-state index in [9.17, 15) is 9.18 Å². The van der Waals surface area contributed by atoms with Gasteiger partial charge in [0.05, 0.1) is 27.7 Å². The monoisotopic (exact) mass is 591 g/mol. The molecule has 6 rings (SSSR count). The molecule has 0 radical (unpaired) electrons. The van der Waals surface area contributed by atoms with Crippen LogP contribution in [0.25, 0.3) is 33.3 Å². The van der Waals surface area contributed by atoms with Gasteiger partial charge < -0.3 is 26.1 Å². The molecule has 0 aliphatic heterocycles. The van der Waals surface area contributed by atoms with E-state index >= 15 is 4.39 Å². The first-order valence-electron chi connectivity index (χ1n) is 13.7. The van der Waals surface area contributed by atoms with Crippen molar-refractivity contribution in [3.05, 3.63) is 90.4 Å². The fourth-order valence-corrected chi connectivity index (χ4v) is 4.89. The summed E-state index contributed by atoms with van der Waals surface area (Å²) >= 11 is 0. The Balaban J connectivity index is 1.52. The maximum Gasteiger partial charge on any atom is 0.322 e. The van der Waals surface area contributed by atoms with Gasteiger partial charge >= 0.3 is 6.01 Å². The molecule has 11 heteroatoms. The van der Waals surface area contributed by atoms with Gasteiger partial charge in [-0.3, -0.25) is 4.79 Å². The molecule has 5 N–H and O–H groups in total. The number of rotatable bonds is 6. The Bertz CT molecular complexity index is 2040. The molecule has 3 aromatic heterocycles. The number of halogens is 2. The van der Waals surface area contributed by atoms with E-state index in [1.54, 1.807) is 49.5 Å². The van der Waals surface area contributed by atoms with Crippen LogP contribution in [0.2, 0.25) is 0 Å². The minimum absolute atomic E-state index is 0.0241. The highest BCUT2D eigenvalue weighted by molar-refractivity contribution is 6.11. The molecule has 9 nitrogen and oxygen atoms in total. The van der Waals surface area contributed by atoms with Crippen LogP contribution in [-0.2, 0) is 11.8 Å². The number of anilines is 2. The number of nitrogens with zero attached hydrogens (tertiary/aromatic N) is 4. The van der Waals surface area contributed by atoms with Crippen LogP contribution in [0.5, 0.6) is 11.8 Å². The third-order valence-electron chi connectivity index (χ3n) is 7.33. The largest absolute Gasteiger partial charge is 0.421 e. The second-order valence-electron chi connectivity index (χ2n) is 10.6. The van der Waals surface area contributed by atoms with Gasteiger partial charge in [-0.15, -0.1) is 0 Å². The smallest absolute Gasteiger partial charge is 0.322 e. The highest BCUT2D eigenvalue weighted by Crippen LogP contribution is 2.44. The molecule has 0 spiro atoms. The van der Waals surface area contributed by atoms with Gasteiger partial charge in [-0.2, -0.15) is 0 Å². The average molecular weight is 592 g/mol. The van der Waals surface area contributed by atoms with Crippen LogP contribution in [0, 0.1) is 24.6 Å². The number of aryl methyl sites for hydroxylation is 2. The molecular weight excluding hydrogens is 564 g/mol. The molecule has 0 atom stereocenters. The summed E-state index contributed by atoms with van der Waals surface area (Å²) in [6.45, 7) is 4.80. The molecule has 1 fully saturated rings. The summed E-state index contributed by atoms with van der Waals surface area (Å²) in [7, 11) is 1.85. The number of carbonyl (C=O) groups is 1. The van der Waals surface area contributed by atoms with Crippen LogP contribution in [0.15, 0.2) is 73.3 Å². The summed E-state index contributed by atoms with van der Waals surface area (Å²) < 4.78 is 36.4. The van der Waals surface area contributed by atoms with Crippen molar-refractivity contribution in [2.24, 2.45) is 12.8 Å². The van der Waals surface area contributed by atoms with Crippen molar-refractivity contribution in [2.75, 3.05) is 11.1 Å². The summed E-state index contributed by atoms with van der Waals surface area (Å²) in [4.78, 5) is 24.4. The Morgan fingerprint density at radius 3 is 2.52 bits per heavy atom. The Morgan fingerprint density at radius 2 is 1.86 bits per heavy atom. The predicted molar refractivity (Wildman–Crippen MR) is 165 cm³/mol. The number of nitrogens with two attached hydrogens (primary N) is 2. The molecular formula is C33H27F2N7O2. The standard InChI is InChI=1S/C33H27F2N7O2/c1-18-11-15-38-32(40-18)44-25-9-6-21(16-24(25)35)26-27-29(22(17-39-30(27)36)10-12-33(37)13-14-33)42(3)28(26)20-4-7-23(8-5-20)41-31(43)19(2)34/h4-9,11,15-17H,2,13-14,37H2,1,3H3,(H2,36,39)(H,41,43). The lowest BCUT2D eigenvalue weighted by Gasteiger charge is -2.12. The fraction of sp³-hybridized carbons (Fsp3) is 0.152. The molecule has 220 valence electrons. The van der Waals surface area contributed by atoms with Crippen LogP contribution in [0.4, 0.5) is 20.3 Å². The van der Waals surface area contributed by atoms with Gasteiger partial charge in [0.2, 0.25) is 0 Å². The first-order chi connectivity index (χ1) is 21.0. The van der Waals surface area contributed by atoms with Crippen molar-refractivity contribution in [1.29, 1.82) is 0 Å². The average Bonchev–Trinajstić information content (AvgIpc) is 3.65. The van der Waals surface area contributed by atoms with E-state index in [1.807, 2.05) is 11.6 Å². The first-order valence-corrected chi connectivity index (χ1v) is 13.7. The number of ether oxygens (including phenoxy) is 1. The molecule has 0 unspecified atom stereocenters. The van der Waals surface area contributed by atoms with E-state index in [4.69, 9.17) is 16.2 Å². The zero-order valence-corrected chi connectivity index (χ0v) is 23.9. The topological polar surface area (TPSA) is 134 Å². The van der Waals surface area contributed by atoms with Gasteiger partial charge in [0.1, 0.15) is 5.82 Å². The number of nitrogen functional groups attached to an aromatic ring is 1. The summed E-state index contributed by atoms with van der Waals surface area (Å²) in [6.07, 6.45) is 4.76. The molecule has 3 heterocycles. The summed E-state index contributed by atoms with van der Waals surface area (Å²) in [6, 6.07) is 13.1. The maximum atomic E-state index is 15.6. The van der Waals surface area contributed by atoms with Gasteiger partial charge in [0.15, 0.2) is 17.4 Å². The molecule has 1 saturated carbocycles. The zero-order chi connectivity index (χ0) is 31.2. The highest BCUT2D eigenvalue weighted by Gasteiger charge is 2.36. The van der Waals surface area contributed by atoms with Crippen LogP contribution < -0.4 is 21.5 Å². The minimum Gasteiger partial charge on any atom is -0.421 e. The van der Waals surface area contributed by atoms with Crippen molar-refractivity contribution in [3.63, 3.8) is 0 Å². The fourth-order valence-electron chi connectivity index (χ4n) is 4.89. The van der Waals surface area contributed by atoms with Crippen molar-refractivity contribution < 1.29 is 18.3 Å². The van der Waals surface area contributed by atoms with Gasteiger partial charge in [-0.25, -0.2) is 23.7 Å². The molecule has 1 aliphatic carbocycles. The second kappa shape index (κ2) is 10.9. The molecule has 44 heavy (non-hydrogen) atoms. The number of hydrogen-bond acceptors (Lipinski definition) is 7. The van der Waals surface area contributed by atoms with Gasteiger partial charge in [-0.05, 0) is 61.2 Å². The number of hydrogen-bond donors (Lipinski definition) is 3. The normalized spacial score (nSPS) is 13.2. The lowest BCUT2D eigenvalue weighted by atomic mass is 9.97. The Labute approximate surface area is 251 Å². The molecule has 0 saturated heterocycles. The number of nitrogens with one attached hydrogen (secondary N) is 1. The van der Waals surface area contributed by atoms with E-state index in [1.165, 1.54) is 18.3 Å². The highest BCUT2D eigenvalue weighted by atomic mass is 19.1. The molecule has 1 aliphatic rings. The van der Waals surface area contributed by atoms with Crippen molar-refractivity contribution in [1.82, 2.24) is 19.5 Å². The third kappa shape index (κ3) is 5.46. The summed E-state index contributed by atoms with van der Waals surface area (Å²) in [5.41, 5.74) is 17.1. The Kier molecular flexibility index (Phi) is 7.07. The second-order valence-corrected chi connectivity index (χ2v) is 10.6. The maximum absolute atomic E-state index is 15.6. The molecule has 5 aromatic rings. The molecule has 2 aromatic carbocycles. The SMILES string of the molecule is C=C(F)C(=O)Nc1ccc(-c2c(-c3ccc(Oc4nccc(C)n4)c(F)c3)c3c(N)ncc(C#CC4(N)CC4)c3n2C)cc1. The van der Waals surface area contributed by atoms with Gasteiger partial charge in [0, 0.05) is 36.4 Å². The minimum atomic E-state index is -1.10. The number of pyridine rings is 1. The number of benzene rings is 2. The van der Waals surface area contributed by atoms with Crippen molar-refractivity contribution in [2.45, 2.75) is 25.3 Å². The summed E-state index contributed by atoms with van der Waals surface area (Å²) in [5.74, 6) is 3.83. The molecule has 1 amide bonds. The van der Waals surface area contributed by atoms with Crippen LogP contribution in [0.3, 0.4) is 0 Å². The predicted octanol–water partition coefficient (Wildman–Crippen LogP) is 5.78. The van der Waals surface area contributed by atoms with E-state index < -0.39 is 23.1 Å². The van der Waals surface area contributed by atoms with E-state index in [0.29, 0.717) is 50.2 Å².